The van der Waals surface area contributed by atoms with Crippen LogP contribution in [0.3, 0.4) is 0 Å². The first kappa shape index (κ1) is 26.4. The van der Waals surface area contributed by atoms with Crippen LogP contribution in [0.1, 0.15) is 71.8 Å². The van der Waals surface area contributed by atoms with Crippen LogP contribution in [0.25, 0.3) is 0 Å². The summed E-state index contributed by atoms with van der Waals surface area (Å²) in [5.41, 5.74) is 7.08. The molecule has 1 rings (SSSR count). The van der Waals surface area contributed by atoms with E-state index in [4.69, 9.17) is 15.2 Å². The maximum atomic E-state index is 11.9. The largest absolute Gasteiger partial charge is 0.494 e. The number of nitrogens with zero attached hydrogens (tertiary/aromatic N) is 1. The lowest BCUT2D eigenvalue weighted by Crippen LogP contribution is -2.24. The maximum Gasteiger partial charge on any atom is 0.306 e. The fourth-order valence-corrected chi connectivity index (χ4v) is 3.66. The molecule has 30 heavy (non-hydrogen) atoms. The molecule has 5 nitrogen and oxygen atoms in total. The predicted molar refractivity (Wildman–Crippen MR) is 125 cm³/mol. The zero-order valence-corrected chi connectivity index (χ0v) is 19.7. The second-order valence-corrected chi connectivity index (χ2v) is 8.63. The molecule has 0 aliphatic rings. The van der Waals surface area contributed by atoms with Crippen molar-refractivity contribution in [2.45, 2.75) is 72.8 Å². The van der Waals surface area contributed by atoms with Gasteiger partial charge in [0, 0.05) is 13.0 Å². The van der Waals surface area contributed by atoms with Crippen molar-refractivity contribution in [3.8, 4) is 5.75 Å². The molecule has 0 saturated carbocycles. The van der Waals surface area contributed by atoms with Crippen LogP contribution in [0.15, 0.2) is 24.3 Å². The van der Waals surface area contributed by atoms with E-state index < -0.39 is 0 Å². The van der Waals surface area contributed by atoms with Gasteiger partial charge in [0.05, 0.1) is 13.2 Å². The smallest absolute Gasteiger partial charge is 0.306 e. The lowest BCUT2D eigenvalue weighted by molar-refractivity contribution is -0.145. The Labute approximate surface area is 184 Å². The summed E-state index contributed by atoms with van der Waals surface area (Å²) >= 11 is 0. The number of rotatable bonds is 17. The number of hydrogen-bond donors (Lipinski definition) is 1. The highest BCUT2D eigenvalue weighted by atomic mass is 16.5. The van der Waals surface area contributed by atoms with Crippen LogP contribution < -0.4 is 10.5 Å². The van der Waals surface area contributed by atoms with Gasteiger partial charge in [-0.25, -0.2) is 0 Å². The normalized spacial score (nSPS) is 12.4. The molecule has 0 fully saturated rings. The fourth-order valence-electron chi connectivity index (χ4n) is 3.66. The molecule has 0 bridgehead atoms. The van der Waals surface area contributed by atoms with Crippen molar-refractivity contribution in [3.05, 3.63) is 29.8 Å². The molecule has 0 aromatic heterocycles. The molecule has 2 N–H and O–H groups in total. The number of benzene rings is 1. The molecule has 0 radical (unpaired) electrons. The molecule has 5 heteroatoms. The van der Waals surface area contributed by atoms with Gasteiger partial charge >= 0.3 is 5.97 Å². The fraction of sp³-hybridized carbons (Fsp3) is 0.720. The molecule has 0 aliphatic carbocycles. The summed E-state index contributed by atoms with van der Waals surface area (Å²) in [5.74, 6) is 1.53. The molecule has 0 amide bonds. The van der Waals surface area contributed by atoms with Gasteiger partial charge in [-0.05, 0) is 81.3 Å². The van der Waals surface area contributed by atoms with Crippen LogP contribution in [-0.2, 0) is 16.1 Å². The Balaban J connectivity index is 2.20. The molecule has 0 saturated heterocycles. The van der Waals surface area contributed by atoms with Gasteiger partial charge in [-0.2, -0.15) is 0 Å². The first-order valence-electron chi connectivity index (χ1n) is 11.8. The maximum absolute atomic E-state index is 11.9. The van der Waals surface area contributed by atoms with Gasteiger partial charge in [0.1, 0.15) is 5.75 Å². The molecule has 0 aliphatic heterocycles. The van der Waals surface area contributed by atoms with Crippen molar-refractivity contribution < 1.29 is 14.3 Å². The first-order chi connectivity index (χ1) is 14.5. The van der Waals surface area contributed by atoms with Crippen molar-refractivity contribution >= 4 is 5.97 Å². The van der Waals surface area contributed by atoms with Gasteiger partial charge in [-0.3, -0.25) is 9.69 Å². The van der Waals surface area contributed by atoms with Gasteiger partial charge in [-0.15, -0.1) is 0 Å². The molecule has 1 aromatic carbocycles. The van der Waals surface area contributed by atoms with E-state index in [1.165, 1.54) is 18.4 Å². The van der Waals surface area contributed by atoms with Crippen molar-refractivity contribution in [2.75, 3.05) is 32.8 Å². The zero-order valence-electron chi connectivity index (χ0n) is 19.7. The van der Waals surface area contributed by atoms with Crippen molar-refractivity contribution in [2.24, 2.45) is 17.6 Å². The topological polar surface area (TPSA) is 64.8 Å². The Hall–Kier alpha value is -1.59. The van der Waals surface area contributed by atoms with Crippen LogP contribution in [-0.4, -0.2) is 43.7 Å². The number of hydrogen-bond acceptors (Lipinski definition) is 5. The van der Waals surface area contributed by atoms with Crippen LogP contribution >= 0.6 is 0 Å². The summed E-state index contributed by atoms with van der Waals surface area (Å²) in [6.45, 7) is 13.6. The molecular weight excluding hydrogens is 376 g/mol. The summed E-state index contributed by atoms with van der Waals surface area (Å²) in [7, 11) is 0. The van der Waals surface area contributed by atoms with Crippen LogP contribution in [0.5, 0.6) is 5.75 Å². The first-order valence-corrected chi connectivity index (χ1v) is 11.8. The second-order valence-electron chi connectivity index (χ2n) is 8.63. The SMILES string of the molecule is CCCN(CCC)Cc1ccc(OCCCCOC(=O)CC(CN)CC(C)C)cc1. The van der Waals surface area contributed by atoms with Gasteiger partial charge < -0.3 is 15.2 Å². The Bertz CT molecular complexity index is 554. The van der Waals surface area contributed by atoms with Gasteiger partial charge in [0.2, 0.25) is 0 Å². The van der Waals surface area contributed by atoms with Crippen molar-refractivity contribution in [1.29, 1.82) is 0 Å². The molecule has 1 unspecified atom stereocenters. The zero-order chi connectivity index (χ0) is 22.2. The average molecular weight is 421 g/mol. The third-order valence-corrected chi connectivity index (χ3v) is 5.07. The molecule has 1 aromatic rings. The third-order valence-electron chi connectivity index (χ3n) is 5.07. The molecule has 1 atom stereocenters. The van der Waals surface area contributed by atoms with E-state index in [1.807, 2.05) is 12.1 Å². The summed E-state index contributed by atoms with van der Waals surface area (Å²) in [6.07, 6.45) is 5.43. The Morgan fingerprint density at radius 2 is 1.67 bits per heavy atom. The quantitative estimate of drug-likeness (QED) is 0.283. The van der Waals surface area contributed by atoms with Crippen molar-refractivity contribution in [3.63, 3.8) is 0 Å². The summed E-state index contributed by atoms with van der Waals surface area (Å²) in [5, 5.41) is 0. The summed E-state index contributed by atoms with van der Waals surface area (Å²) in [4.78, 5) is 14.4. The average Bonchev–Trinajstić information content (AvgIpc) is 2.71. The van der Waals surface area contributed by atoms with E-state index in [2.05, 4.69) is 44.7 Å². The highest BCUT2D eigenvalue weighted by molar-refractivity contribution is 5.69. The minimum atomic E-state index is -0.136. The Morgan fingerprint density at radius 3 is 2.23 bits per heavy atom. The number of carbonyl (C=O) groups excluding carboxylic acids is 1. The minimum absolute atomic E-state index is 0.136. The van der Waals surface area contributed by atoms with Gasteiger partial charge in [-0.1, -0.05) is 39.8 Å². The standard InChI is InChI=1S/C25H44N2O3/c1-5-13-27(14-6-2)20-22-9-11-24(12-10-22)29-15-7-8-16-30-25(28)18-23(19-26)17-21(3)4/h9-12,21,23H,5-8,13-20,26H2,1-4H3. The molecule has 0 heterocycles. The molecule has 172 valence electrons. The summed E-state index contributed by atoms with van der Waals surface area (Å²) < 4.78 is 11.2. The van der Waals surface area contributed by atoms with Gasteiger partial charge in [0.15, 0.2) is 0 Å². The number of nitrogens with two attached hydrogens (primary N) is 1. The van der Waals surface area contributed by atoms with E-state index >= 15 is 0 Å². The summed E-state index contributed by atoms with van der Waals surface area (Å²) in [6, 6.07) is 8.40. The van der Waals surface area contributed by atoms with E-state index in [-0.39, 0.29) is 11.9 Å². The number of carbonyl (C=O) groups is 1. The Morgan fingerprint density at radius 1 is 1.03 bits per heavy atom. The van der Waals surface area contributed by atoms with E-state index in [1.54, 1.807) is 0 Å². The number of esters is 1. The second kappa shape index (κ2) is 16.1. The van der Waals surface area contributed by atoms with Crippen LogP contribution in [0.4, 0.5) is 0 Å². The third kappa shape index (κ3) is 12.2. The van der Waals surface area contributed by atoms with Crippen LogP contribution in [0.2, 0.25) is 0 Å². The Kier molecular flexibility index (Phi) is 14.2. The van der Waals surface area contributed by atoms with E-state index in [0.29, 0.717) is 32.1 Å². The van der Waals surface area contributed by atoms with Gasteiger partial charge in [0.25, 0.3) is 0 Å². The highest BCUT2D eigenvalue weighted by Crippen LogP contribution is 2.16. The lowest BCUT2D eigenvalue weighted by Gasteiger charge is -2.21. The molecule has 0 spiro atoms. The number of unbranched alkanes of at least 4 members (excludes halogenated alkanes) is 1. The monoisotopic (exact) mass is 420 g/mol. The lowest BCUT2D eigenvalue weighted by atomic mass is 9.94. The molecular formula is C25H44N2O3. The van der Waals surface area contributed by atoms with E-state index in [9.17, 15) is 4.79 Å². The highest BCUT2D eigenvalue weighted by Gasteiger charge is 2.14. The van der Waals surface area contributed by atoms with Crippen LogP contribution in [0, 0.1) is 11.8 Å². The predicted octanol–water partition coefficient (Wildman–Crippen LogP) is 5.02. The minimum Gasteiger partial charge on any atom is -0.494 e. The van der Waals surface area contributed by atoms with Crippen molar-refractivity contribution in [1.82, 2.24) is 4.90 Å². The van der Waals surface area contributed by atoms with E-state index in [0.717, 1.165) is 44.6 Å². The number of ether oxygens (including phenoxy) is 2.